The molecular formula is C17H14N2O4S. The molecule has 3 aromatic rings. The summed E-state index contributed by atoms with van der Waals surface area (Å²) < 4.78 is 38.5. The van der Waals surface area contributed by atoms with Gasteiger partial charge in [0, 0.05) is 17.7 Å². The number of benzene rings is 2. The lowest BCUT2D eigenvalue weighted by molar-refractivity contribution is 0.356. The first kappa shape index (κ1) is 14.8. The van der Waals surface area contributed by atoms with Gasteiger partial charge in [-0.15, -0.1) is 0 Å². The molecule has 0 saturated carbocycles. The highest BCUT2D eigenvalue weighted by Crippen LogP contribution is 2.29. The van der Waals surface area contributed by atoms with Gasteiger partial charge in [-0.1, -0.05) is 12.1 Å². The Kier molecular flexibility index (Phi) is 3.50. The summed E-state index contributed by atoms with van der Waals surface area (Å²) in [7, 11) is -3.67. The lowest BCUT2D eigenvalue weighted by Gasteiger charge is -2.10. The summed E-state index contributed by atoms with van der Waals surface area (Å²) in [6.45, 7) is 0.589. The number of nitrogens with one attached hydrogen (secondary N) is 1. The Morgan fingerprint density at radius 1 is 1.12 bits per heavy atom. The maximum absolute atomic E-state index is 12.6. The Bertz CT molecular complexity index is 982. The maximum Gasteiger partial charge on any atom is 0.261 e. The summed E-state index contributed by atoms with van der Waals surface area (Å²) in [5.74, 6) is 1.33. The average Bonchev–Trinajstić information content (AvgIpc) is 3.25. The second-order valence-electron chi connectivity index (χ2n) is 5.42. The van der Waals surface area contributed by atoms with Crippen molar-refractivity contribution in [1.29, 1.82) is 0 Å². The number of oxazole rings is 1. The Labute approximate surface area is 139 Å². The van der Waals surface area contributed by atoms with Gasteiger partial charge in [-0.3, -0.25) is 4.72 Å². The molecule has 7 heteroatoms. The Morgan fingerprint density at radius 2 is 2.04 bits per heavy atom. The van der Waals surface area contributed by atoms with Crippen LogP contribution in [-0.4, -0.2) is 20.0 Å². The van der Waals surface area contributed by atoms with Crippen LogP contribution in [0, 0.1) is 0 Å². The predicted octanol–water partition coefficient (Wildman–Crippen LogP) is 3.08. The van der Waals surface area contributed by atoms with Crippen molar-refractivity contribution in [2.24, 2.45) is 0 Å². The second-order valence-corrected chi connectivity index (χ2v) is 7.10. The molecule has 0 radical (unpaired) electrons. The van der Waals surface area contributed by atoms with Crippen LogP contribution in [0.15, 0.2) is 64.4 Å². The molecule has 0 unspecified atom stereocenters. The average molecular weight is 342 g/mol. The SMILES string of the molecule is O=S(=O)(Nc1cccc(-c2cnco2)c1)c1ccc2c(c1)CCO2. The molecule has 2 heterocycles. The van der Waals surface area contributed by atoms with Crippen molar-refractivity contribution in [2.75, 3.05) is 11.3 Å². The molecule has 0 aliphatic carbocycles. The number of anilines is 1. The Balaban J connectivity index is 1.63. The lowest BCUT2D eigenvalue weighted by atomic mass is 10.2. The minimum atomic E-state index is -3.67. The predicted molar refractivity (Wildman–Crippen MR) is 88.4 cm³/mol. The molecule has 1 aliphatic rings. The number of ether oxygens (including phenoxy) is 1. The number of nitrogens with zero attached hydrogens (tertiary/aromatic N) is 1. The summed E-state index contributed by atoms with van der Waals surface area (Å²) >= 11 is 0. The van der Waals surface area contributed by atoms with Crippen molar-refractivity contribution >= 4 is 15.7 Å². The molecule has 24 heavy (non-hydrogen) atoms. The van der Waals surface area contributed by atoms with Gasteiger partial charge < -0.3 is 9.15 Å². The van der Waals surface area contributed by atoms with Crippen LogP contribution in [0.2, 0.25) is 0 Å². The highest BCUT2D eigenvalue weighted by molar-refractivity contribution is 7.92. The van der Waals surface area contributed by atoms with Gasteiger partial charge in [0.25, 0.3) is 10.0 Å². The van der Waals surface area contributed by atoms with Crippen LogP contribution in [0.4, 0.5) is 5.69 Å². The van der Waals surface area contributed by atoms with Gasteiger partial charge in [0.1, 0.15) is 5.75 Å². The summed E-state index contributed by atoms with van der Waals surface area (Å²) in [6.07, 6.45) is 3.63. The van der Waals surface area contributed by atoms with Crippen molar-refractivity contribution in [2.45, 2.75) is 11.3 Å². The molecular weight excluding hydrogens is 328 g/mol. The van der Waals surface area contributed by atoms with E-state index in [2.05, 4.69) is 9.71 Å². The fraction of sp³-hybridized carbons (Fsp3) is 0.118. The summed E-state index contributed by atoms with van der Waals surface area (Å²) in [4.78, 5) is 4.09. The first-order valence-corrected chi connectivity index (χ1v) is 8.88. The topological polar surface area (TPSA) is 81.4 Å². The van der Waals surface area contributed by atoms with Gasteiger partial charge in [-0.2, -0.15) is 0 Å². The van der Waals surface area contributed by atoms with Crippen molar-refractivity contribution in [3.8, 4) is 17.1 Å². The van der Waals surface area contributed by atoms with E-state index in [4.69, 9.17) is 9.15 Å². The fourth-order valence-electron chi connectivity index (χ4n) is 2.64. The number of hydrogen-bond acceptors (Lipinski definition) is 5. The highest BCUT2D eigenvalue weighted by Gasteiger charge is 2.19. The van der Waals surface area contributed by atoms with Crippen LogP contribution in [0.5, 0.6) is 5.75 Å². The standard InChI is InChI=1S/C17H14N2O4S/c20-24(21,15-4-5-16-13(9-15)6-7-22-16)19-14-3-1-2-12(8-14)17-10-18-11-23-17/h1-5,8-11,19H,6-7H2. The van der Waals surface area contributed by atoms with Crippen molar-refractivity contribution in [3.05, 3.63) is 60.6 Å². The third-order valence-corrected chi connectivity index (χ3v) is 5.18. The molecule has 0 saturated heterocycles. The molecule has 6 nitrogen and oxygen atoms in total. The summed E-state index contributed by atoms with van der Waals surface area (Å²) in [6, 6.07) is 11.9. The van der Waals surface area contributed by atoms with Gasteiger partial charge in [0.2, 0.25) is 0 Å². The van der Waals surface area contributed by atoms with E-state index in [9.17, 15) is 8.42 Å². The monoisotopic (exact) mass is 342 g/mol. The van der Waals surface area contributed by atoms with E-state index in [0.717, 1.165) is 23.3 Å². The van der Waals surface area contributed by atoms with Crippen LogP contribution in [0.25, 0.3) is 11.3 Å². The van der Waals surface area contributed by atoms with Gasteiger partial charge in [0.05, 0.1) is 17.7 Å². The van der Waals surface area contributed by atoms with E-state index < -0.39 is 10.0 Å². The highest BCUT2D eigenvalue weighted by atomic mass is 32.2. The quantitative estimate of drug-likeness (QED) is 0.788. The van der Waals surface area contributed by atoms with E-state index in [-0.39, 0.29) is 4.90 Å². The van der Waals surface area contributed by atoms with Crippen molar-refractivity contribution in [3.63, 3.8) is 0 Å². The molecule has 4 rings (SSSR count). The zero-order valence-electron chi connectivity index (χ0n) is 12.6. The molecule has 1 aromatic heterocycles. The number of sulfonamides is 1. The molecule has 0 spiro atoms. The van der Waals surface area contributed by atoms with Crippen LogP contribution in [0.3, 0.4) is 0 Å². The first-order chi connectivity index (χ1) is 11.6. The van der Waals surface area contributed by atoms with Gasteiger partial charge in [-0.25, -0.2) is 13.4 Å². The molecule has 1 aliphatic heterocycles. The molecule has 2 aromatic carbocycles. The van der Waals surface area contributed by atoms with Crippen LogP contribution >= 0.6 is 0 Å². The number of hydrogen-bond donors (Lipinski definition) is 1. The Hall–Kier alpha value is -2.80. The minimum Gasteiger partial charge on any atom is -0.493 e. The van der Waals surface area contributed by atoms with Gasteiger partial charge >= 0.3 is 0 Å². The van der Waals surface area contributed by atoms with Gasteiger partial charge in [0.15, 0.2) is 12.2 Å². The van der Waals surface area contributed by atoms with E-state index >= 15 is 0 Å². The lowest BCUT2D eigenvalue weighted by Crippen LogP contribution is -2.13. The zero-order valence-corrected chi connectivity index (χ0v) is 13.4. The first-order valence-electron chi connectivity index (χ1n) is 7.39. The third kappa shape index (κ3) is 2.74. The number of aromatic nitrogens is 1. The van der Waals surface area contributed by atoms with Crippen LogP contribution in [0.1, 0.15) is 5.56 Å². The minimum absolute atomic E-state index is 0.219. The molecule has 122 valence electrons. The largest absolute Gasteiger partial charge is 0.493 e. The maximum atomic E-state index is 12.6. The Morgan fingerprint density at radius 3 is 2.88 bits per heavy atom. The summed E-state index contributed by atoms with van der Waals surface area (Å²) in [5, 5.41) is 0. The summed E-state index contributed by atoms with van der Waals surface area (Å²) in [5.41, 5.74) is 2.11. The molecule has 0 bridgehead atoms. The smallest absolute Gasteiger partial charge is 0.261 e. The zero-order chi connectivity index (χ0) is 16.6. The van der Waals surface area contributed by atoms with Crippen molar-refractivity contribution < 1.29 is 17.6 Å². The van der Waals surface area contributed by atoms with Gasteiger partial charge in [-0.05, 0) is 35.9 Å². The molecule has 0 atom stereocenters. The molecule has 0 amide bonds. The fourth-order valence-corrected chi connectivity index (χ4v) is 3.74. The van der Waals surface area contributed by atoms with Crippen LogP contribution in [-0.2, 0) is 16.4 Å². The van der Waals surface area contributed by atoms with E-state index in [1.807, 2.05) is 6.07 Å². The van der Waals surface area contributed by atoms with E-state index in [0.29, 0.717) is 18.1 Å². The molecule has 1 N–H and O–H groups in total. The van der Waals surface area contributed by atoms with Crippen LogP contribution < -0.4 is 9.46 Å². The van der Waals surface area contributed by atoms with Crippen molar-refractivity contribution in [1.82, 2.24) is 4.98 Å². The normalized spacial score (nSPS) is 13.3. The van der Waals surface area contributed by atoms with E-state index in [1.165, 1.54) is 6.39 Å². The number of fused-ring (bicyclic) bond motifs is 1. The second kappa shape index (κ2) is 5.68. The third-order valence-electron chi connectivity index (χ3n) is 3.80. The molecule has 0 fully saturated rings. The van der Waals surface area contributed by atoms with E-state index in [1.54, 1.807) is 42.6 Å². The number of rotatable bonds is 4.